The van der Waals surface area contributed by atoms with Crippen LogP contribution in [0, 0.1) is 11.2 Å². The minimum atomic E-state index is -0.472. The fourth-order valence-electron chi connectivity index (χ4n) is 3.08. The van der Waals surface area contributed by atoms with Crippen molar-refractivity contribution in [3.05, 3.63) is 29.0 Å². The number of hydrogen-bond donors (Lipinski definition) is 0. The van der Waals surface area contributed by atoms with Crippen LogP contribution in [0.25, 0.3) is 0 Å². The van der Waals surface area contributed by atoms with Gasteiger partial charge in [-0.3, -0.25) is 0 Å². The molecule has 1 amide bonds. The van der Waals surface area contributed by atoms with E-state index < -0.39 is 5.60 Å². The van der Waals surface area contributed by atoms with Crippen LogP contribution >= 0.6 is 11.6 Å². The number of benzene rings is 1. The molecule has 4 nitrogen and oxygen atoms in total. The minimum Gasteiger partial charge on any atom is -0.444 e. The molecule has 2 aliphatic heterocycles. The number of halogens is 2. The fourth-order valence-corrected chi connectivity index (χ4v) is 3.32. The van der Waals surface area contributed by atoms with Crippen molar-refractivity contribution in [1.82, 2.24) is 4.90 Å². The summed E-state index contributed by atoms with van der Waals surface area (Å²) >= 11 is 6.12. The molecule has 0 N–H and O–H groups in total. The molecule has 120 valence electrons. The van der Waals surface area contributed by atoms with Gasteiger partial charge in [0.05, 0.1) is 10.7 Å². The fraction of sp³-hybridized carbons (Fsp3) is 0.562. The van der Waals surface area contributed by atoms with Crippen LogP contribution in [0.1, 0.15) is 20.8 Å². The monoisotopic (exact) mass is 326 g/mol. The van der Waals surface area contributed by atoms with E-state index in [-0.39, 0.29) is 17.3 Å². The highest BCUT2D eigenvalue weighted by Gasteiger charge is 2.54. The van der Waals surface area contributed by atoms with Crippen molar-refractivity contribution in [2.45, 2.75) is 26.4 Å². The lowest BCUT2D eigenvalue weighted by Gasteiger charge is -2.60. The summed E-state index contributed by atoms with van der Waals surface area (Å²) in [6.45, 7) is 8.52. The van der Waals surface area contributed by atoms with Gasteiger partial charge in [-0.05, 0) is 39.0 Å². The maximum Gasteiger partial charge on any atom is 0.410 e. The van der Waals surface area contributed by atoms with Gasteiger partial charge in [-0.15, -0.1) is 0 Å². The van der Waals surface area contributed by atoms with Crippen molar-refractivity contribution >= 4 is 23.4 Å². The van der Waals surface area contributed by atoms with Crippen LogP contribution in [-0.2, 0) is 4.74 Å². The summed E-state index contributed by atoms with van der Waals surface area (Å²) in [5.41, 5.74) is 0.357. The summed E-state index contributed by atoms with van der Waals surface area (Å²) in [5.74, 6) is -0.288. The lowest BCUT2D eigenvalue weighted by molar-refractivity contribution is -0.0453. The van der Waals surface area contributed by atoms with Gasteiger partial charge in [-0.1, -0.05) is 11.6 Å². The Morgan fingerprint density at radius 3 is 2.50 bits per heavy atom. The molecule has 1 spiro atoms. The molecule has 0 unspecified atom stereocenters. The largest absolute Gasteiger partial charge is 0.444 e. The first-order chi connectivity index (χ1) is 10.2. The van der Waals surface area contributed by atoms with E-state index in [0.29, 0.717) is 18.1 Å². The quantitative estimate of drug-likeness (QED) is 0.791. The van der Waals surface area contributed by atoms with E-state index in [0.717, 1.165) is 18.8 Å². The van der Waals surface area contributed by atoms with Gasteiger partial charge in [0.2, 0.25) is 0 Å². The van der Waals surface area contributed by atoms with E-state index in [1.54, 1.807) is 11.0 Å². The molecular weight excluding hydrogens is 307 g/mol. The number of hydrogen-bond acceptors (Lipinski definition) is 3. The maximum absolute atomic E-state index is 13.3. The molecule has 0 aromatic heterocycles. The molecule has 3 rings (SSSR count). The number of nitrogens with zero attached hydrogens (tertiary/aromatic N) is 2. The van der Waals surface area contributed by atoms with Gasteiger partial charge in [-0.25, -0.2) is 9.18 Å². The van der Waals surface area contributed by atoms with E-state index in [1.165, 1.54) is 12.1 Å². The summed E-state index contributed by atoms with van der Waals surface area (Å²) in [4.78, 5) is 15.7. The summed E-state index contributed by atoms with van der Waals surface area (Å²) in [6, 6.07) is 4.39. The molecule has 22 heavy (non-hydrogen) atoms. The average Bonchev–Trinajstić information content (AvgIpc) is 2.27. The van der Waals surface area contributed by atoms with E-state index in [4.69, 9.17) is 16.3 Å². The molecule has 2 aliphatic rings. The van der Waals surface area contributed by atoms with Crippen LogP contribution in [0.5, 0.6) is 0 Å². The third-order valence-electron chi connectivity index (χ3n) is 4.01. The van der Waals surface area contributed by atoms with Crippen LogP contribution < -0.4 is 4.90 Å². The second-order valence-corrected chi connectivity index (χ2v) is 7.70. The molecule has 0 atom stereocenters. The Bertz CT molecular complexity index is 601. The zero-order valence-electron chi connectivity index (χ0n) is 13.0. The van der Waals surface area contributed by atoms with Crippen LogP contribution in [0.4, 0.5) is 14.9 Å². The third kappa shape index (κ3) is 2.86. The Morgan fingerprint density at radius 2 is 1.91 bits per heavy atom. The van der Waals surface area contributed by atoms with Crippen molar-refractivity contribution in [2.24, 2.45) is 5.41 Å². The summed E-state index contributed by atoms with van der Waals surface area (Å²) < 4.78 is 18.7. The molecule has 0 bridgehead atoms. The molecule has 0 radical (unpaired) electrons. The van der Waals surface area contributed by atoms with Gasteiger partial charge in [0.1, 0.15) is 11.4 Å². The SMILES string of the molecule is CC(C)(C)OC(=O)N1CC2(C1)CN(c1cc(F)ccc1Cl)C2. The number of likely N-dealkylation sites (tertiary alicyclic amines) is 1. The zero-order valence-corrected chi connectivity index (χ0v) is 13.8. The van der Waals surface area contributed by atoms with Gasteiger partial charge in [0.25, 0.3) is 0 Å². The second-order valence-electron chi connectivity index (χ2n) is 7.29. The molecule has 1 aromatic carbocycles. The Kier molecular flexibility index (Phi) is 3.51. The second kappa shape index (κ2) is 5.01. The summed E-state index contributed by atoms with van der Waals surface area (Å²) in [5, 5.41) is 0.555. The van der Waals surface area contributed by atoms with Crippen molar-refractivity contribution < 1.29 is 13.9 Å². The number of ether oxygens (including phenoxy) is 1. The summed E-state index contributed by atoms with van der Waals surface area (Å²) in [7, 11) is 0. The Balaban J connectivity index is 1.55. The first-order valence-electron chi connectivity index (χ1n) is 7.35. The van der Waals surface area contributed by atoms with Gasteiger partial charge >= 0.3 is 6.09 Å². The summed E-state index contributed by atoms with van der Waals surface area (Å²) in [6.07, 6.45) is -0.264. The van der Waals surface area contributed by atoms with Crippen molar-refractivity contribution in [1.29, 1.82) is 0 Å². The normalized spacial score (nSPS) is 19.7. The smallest absolute Gasteiger partial charge is 0.410 e. The van der Waals surface area contributed by atoms with Gasteiger partial charge in [0.15, 0.2) is 0 Å². The predicted molar refractivity (Wildman–Crippen MR) is 83.9 cm³/mol. The standard InChI is InChI=1S/C16H20ClFN2O2/c1-15(2,3)22-14(21)20-9-16(10-20)7-19(8-16)13-6-11(18)4-5-12(13)17/h4-6H,7-10H2,1-3H3. The Labute approximate surface area is 134 Å². The van der Waals surface area contributed by atoms with E-state index >= 15 is 0 Å². The molecule has 0 aliphatic carbocycles. The number of carbonyl (C=O) groups is 1. The van der Waals surface area contributed by atoms with Crippen molar-refractivity contribution in [3.8, 4) is 0 Å². The molecule has 6 heteroatoms. The number of anilines is 1. The first kappa shape index (κ1) is 15.4. The van der Waals surface area contributed by atoms with Crippen molar-refractivity contribution in [3.63, 3.8) is 0 Å². The Morgan fingerprint density at radius 1 is 1.27 bits per heavy atom. The molecule has 2 fully saturated rings. The predicted octanol–water partition coefficient (Wildman–Crippen LogP) is 3.54. The highest BCUT2D eigenvalue weighted by atomic mass is 35.5. The maximum atomic E-state index is 13.3. The van der Waals surface area contributed by atoms with E-state index in [2.05, 4.69) is 4.90 Å². The van der Waals surface area contributed by atoms with Crippen LogP contribution in [0.15, 0.2) is 18.2 Å². The van der Waals surface area contributed by atoms with Crippen LogP contribution in [0.2, 0.25) is 5.02 Å². The molecule has 2 saturated heterocycles. The number of rotatable bonds is 1. The average molecular weight is 327 g/mol. The van der Waals surface area contributed by atoms with Crippen LogP contribution in [0.3, 0.4) is 0 Å². The molecule has 2 heterocycles. The lowest BCUT2D eigenvalue weighted by Crippen LogP contribution is -2.73. The van der Waals surface area contributed by atoms with Gasteiger partial charge in [0, 0.05) is 31.6 Å². The highest BCUT2D eigenvalue weighted by molar-refractivity contribution is 6.33. The lowest BCUT2D eigenvalue weighted by atomic mass is 9.73. The third-order valence-corrected chi connectivity index (χ3v) is 4.33. The zero-order chi connectivity index (χ0) is 16.1. The highest BCUT2D eigenvalue weighted by Crippen LogP contribution is 2.44. The van der Waals surface area contributed by atoms with Crippen LogP contribution in [-0.4, -0.2) is 42.8 Å². The molecular formula is C16H20ClFN2O2. The first-order valence-corrected chi connectivity index (χ1v) is 7.73. The minimum absolute atomic E-state index is 0.104. The molecule has 1 aromatic rings. The number of amides is 1. The molecule has 0 saturated carbocycles. The van der Waals surface area contributed by atoms with Crippen molar-refractivity contribution in [2.75, 3.05) is 31.1 Å². The van der Waals surface area contributed by atoms with E-state index in [9.17, 15) is 9.18 Å². The van der Waals surface area contributed by atoms with Gasteiger partial charge in [-0.2, -0.15) is 0 Å². The van der Waals surface area contributed by atoms with E-state index in [1.807, 2.05) is 20.8 Å². The number of carbonyl (C=O) groups excluding carboxylic acids is 1. The van der Waals surface area contributed by atoms with Gasteiger partial charge < -0.3 is 14.5 Å². The Hall–Kier alpha value is -1.49. The topological polar surface area (TPSA) is 32.8 Å².